The molecule has 0 radical (unpaired) electrons. The van der Waals surface area contributed by atoms with Crippen molar-refractivity contribution in [2.75, 3.05) is 31.1 Å². The van der Waals surface area contributed by atoms with Gasteiger partial charge in [0.05, 0.1) is 5.02 Å². The van der Waals surface area contributed by atoms with Crippen molar-refractivity contribution in [3.8, 4) is 23.0 Å². The highest BCUT2D eigenvalue weighted by molar-refractivity contribution is 6.32. The molecular weight excluding hydrogens is 490 g/mol. The molecule has 0 saturated carbocycles. The highest BCUT2D eigenvalue weighted by Gasteiger charge is 2.27. The van der Waals surface area contributed by atoms with E-state index in [0.717, 1.165) is 31.9 Å². The molecule has 1 fully saturated rings. The van der Waals surface area contributed by atoms with Gasteiger partial charge in [0.25, 0.3) is 5.91 Å². The summed E-state index contributed by atoms with van der Waals surface area (Å²) in [5.74, 6) is 0.979. The Balaban J connectivity index is 1.37. The van der Waals surface area contributed by atoms with E-state index in [1.54, 1.807) is 48.5 Å². The Morgan fingerprint density at radius 2 is 1.84 bits per heavy atom. The van der Waals surface area contributed by atoms with Crippen LogP contribution in [-0.2, 0) is 0 Å². The van der Waals surface area contributed by atoms with Gasteiger partial charge in [-0.15, -0.1) is 0 Å². The number of para-hydroxylation sites is 2. The van der Waals surface area contributed by atoms with E-state index in [1.165, 1.54) is 6.07 Å². The van der Waals surface area contributed by atoms with E-state index in [0.29, 0.717) is 17.1 Å². The summed E-state index contributed by atoms with van der Waals surface area (Å²) in [7, 11) is 0. The number of carbonyl (C=O) groups excluding carboxylic acids is 1. The van der Waals surface area contributed by atoms with Crippen molar-refractivity contribution in [1.82, 2.24) is 10.2 Å². The van der Waals surface area contributed by atoms with Gasteiger partial charge in [-0.3, -0.25) is 9.69 Å². The van der Waals surface area contributed by atoms with E-state index in [4.69, 9.17) is 16.3 Å². The largest absolute Gasteiger partial charge is 0.508 e. The van der Waals surface area contributed by atoms with Crippen molar-refractivity contribution >= 4 is 23.2 Å². The van der Waals surface area contributed by atoms with Gasteiger partial charge in [0.15, 0.2) is 11.5 Å². The fourth-order valence-corrected chi connectivity index (χ4v) is 4.81. The van der Waals surface area contributed by atoms with Crippen LogP contribution in [0.5, 0.6) is 23.0 Å². The average molecular weight is 524 g/mol. The molecule has 4 rings (SSSR count). The SMILES string of the molecule is CC(C)C(CN1CCN(c2cccc(O)c2)[C@@H](C)C1)NC(=O)c1ccc(Oc2ccccc2O)c(Cl)c1. The Kier molecular flexibility index (Phi) is 8.46. The molecule has 0 aromatic heterocycles. The number of nitrogens with zero attached hydrogens (tertiary/aromatic N) is 2. The Bertz CT molecular complexity index is 1240. The Labute approximate surface area is 223 Å². The molecule has 1 aliphatic rings. The lowest BCUT2D eigenvalue weighted by Crippen LogP contribution is -2.56. The predicted molar refractivity (Wildman–Crippen MR) is 147 cm³/mol. The molecule has 1 amide bonds. The molecule has 8 heteroatoms. The van der Waals surface area contributed by atoms with Crippen LogP contribution in [0.2, 0.25) is 5.02 Å². The highest BCUT2D eigenvalue weighted by atomic mass is 35.5. The van der Waals surface area contributed by atoms with Gasteiger partial charge in [-0.05, 0) is 55.3 Å². The van der Waals surface area contributed by atoms with Gasteiger partial charge in [0.1, 0.15) is 11.5 Å². The van der Waals surface area contributed by atoms with Crippen LogP contribution in [0.15, 0.2) is 66.7 Å². The van der Waals surface area contributed by atoms with Gasteiger partial charge in [-0.2, -0.15) is 0 Å². The second-order valence-corrected chi connectivity index (χ2v) is 10.3. The number of phenolic OH excluding ortho intramolecular Hbond substituents is 2. The molecule has 3 N–H and O–H groups in total. The molecule has 37 heavy (non-hydrogen) atoms. The van der Waals surface area contributed by atoms with Crippen molar-refractivity contribution in [3.05, 3.63) is 77.3 Å². The van der Waals surface area contributed by atoms with Crippen LogP contribution >= 0.6 is 11.6 Å². The summed E-state index contributed by atoms with van der Waals surface area (Å²) in [6.45, 7) is 9.70. The molecule has 196 valence electrons. The number of amides is 1. The molecule has 0 aliphatic carbocycles. The Morgan fingerprint density at radius 3 is 2.51 bits per heavy atom. The lowest BCUT2D eigenvalue weighted by molar-refractivity contribution is 0.0903. The summed E-state index contributed by atoms with van der Waals surface area (Å²) in [5, 5.41) is 23.3. The number of aromatic hydroxyl groups is 2. The molecule has 3 aromatic carbocycles. The molecule has 2 atom stereocenters. The van der Waals surface area contributed by atoms with Crippen LogP contribution in [0.4, 0.5) is 5.69 Å². The zero-order chi connectivity index (χ0) is 26.5. The Hall–Kier alpha value is -3.42. The lowest BCUT2D eigenvalue weighted by atomic mass is 10.0. The third-order valence-corrected chi connectivity index (χ3v) is 7.02. The van der Waals surface area contributed by atoms with E-state index in [-0.39, 0.29) is 40.4 Å². The van der Waals surface area contributed by atoms with Crippen LogP contribution in [0.3, 0.4) is 0 Å². The number of hydrogen-bond donors (Lipinski definition) is 3. The molecule has 1 heterocycles. The maximum absolute atomic E-state index is 13.1. The van der Waals surface area contributed by atoms with Gasteiger partial charge in [0.2, 0.25) is 0 Å². The van der Waals surface area contributed by atoms with Crippen LogP contribution in [0.25, 0.3) is 0 Å². The molecule has 1 aliphatic heterocycles. The normalized spacial score (nSPS) is 17.0. The maximum Gasteiger partial charge on any atom is 0.251 e. The summed E-state index contributed by atoms with van der Waals surface area (Å²) < 4.78 is 5.71. The number of rotatable bonds is 8. The van der Waals surface area contributed by atoms with Crippen molar-refractivity contribution in [2.24, 2.45) is 5.92 Å². The summed E-state index contributed by atoms with van der Waals surface area (Å²) in [6, 6.07) is 19.1. The molecule has 1 unspecified atom stereocenters. The van der Waals surface area contributed by atoms with Crippen molar-refractivity contribution in [1.29, 1.82) is 0 Å². The third kappa shape index (κ3) is 6.67. The lowest BCUT2D eigenvalue weighted by Gasteiger charge is -2.42. The van der Waals surface area contributed by atoms with Gasteiger partial charge in [-0.25, -0.2) is 0 Å². The number of benzene rings is 3. The van der Waals surface area contributed by atoms with Gasteiger partial charge >= 0.3 is 0 Å². The summed E-state index contributed by atoms with van der Waals surface area (Å²) >= 11 is 6.41. The zero-order valence-corrected chi connectivity index (χ0v) is 22.2. The quantitative estimate of drug-likeness (QED) is 0.361. The summed E-state index contributed by atoms with van der Waals surface area (Å²) in [4.78, 5) is 17.8. The van der Waals surface area contributed by atoms with Gasteiger partial charge in [0, 0.05) is 55.6 Å². The first kappa shape index (κ1) is 26.6. The van der Waals surface area contributed by atoms with E-state index in [9.17, 15) is 15.0 Å². The standard InChI is InChI=1S/C29H34ClN3O4/c1-19(2)25(18-32-13-14-33(20(3)17-32)22-7-6-8-23(34)16-22)31-29(36)21-11-12-27(24(30)15-21)37-28-10-5-4-9-26(28)35/h4-12,15-16,19-20,25,34-35H,13-14,17-18H2,1-3H3,(H,31,36)/t20-,25?/m0/s1. The average Bonchev–Trinajstić information content (AvgIpc) is 2.86. The predicted octanol–water partition coefficient (Wildman–Crippen LogP) is 5.51. The fraction of sp³-hybridized carbons (Fsp3) is 0.345. The second-order valence-electron chi connectivity index (χ2n) is 9.86. The number of halogens is 1. The number of carbonyl (C=O) groups is 1. The fourth-order valence-electron chi connectivity index (χ4n) is 4.59. The maximum atomic E-state index is 13.1. The second kappa shape index (κ2) is 11.8. The van der Waals surface area contributed by atoms with Crippen LogP contribution in [0, 0.1) is 5.92 Å². The molecule has 3 aromatic rings. The molecule has 1 saturated heterocycles. The smallest absolute Gasteiger partial charge is 0.251 e. The van der Waals surface area contributed by atoms with Crippen LogP contribution < -0.4 is 15.0 Å². The van der Waals surface area contributed by atoms with Gasteiger partial charge < -0.3 is 25.2 Å². The monoisotopic (exact) mass is 523 g/mol. The van der Waals surface area contributed by atoms with E-state index >= 15 is 0 Å². The number of hydrogen-bond acceptors (Lipinski definition) is 6. The van der Waals surface area contributed by atoms with Crippen molar-refractivity contribution in [3.63, 3.8) is 0 Å². The van der Waals surface area contributed by atoms with Crippen LogP contribution in [0.1, 0.15) is 31.1 Å². The highest BCUT2D eigenvalue weighted by Crippen LogP contribution is 2.34. The number of anilines is 1. The number of ether oxygens (including phenoxy) is 1. The first-order chi connectivity index (χ1) is 17.7. The first-order valence-corrected chi connectivity index (χ1v) is 12.9. The molecular formula is C29H34ClN3O4. The number of phenols is 2. The zero-order valence-electron chi connectivity index (χ0n) is 21.4. The number of piperazine rings is 1. The molecule has 7 nitrogen and oxygen atoms in total. The van der Waals surface area contributed by atoms with Crippen molar-refractivity contribution in [2.45, 2.75) is 32.9 Å². The van der Waals surface area contributed by atoms with E-state index in [2.05, 4.69) is 35.9 Å². The minimum atomic E-state index is -0.193. The third-order valence-electron chi connectivity index (χ3n) is 6.73. The topological polar surface area (TPSA) is 85.3 Å². The summed E-state index contributed by atoms with van der Waals surface area (Å²) in [6.07, 6.45) is 0. The summed E-state index contributed by atoms with van der Waals surface area (Å²) in [5.41, 5.74) is 1.47. The minimum absolute atomic E-state index is 0.0113. The first-order valence-electron chi connectivity index (χ1n) is 12.6. The van der Waals surface area contributed by atoms with E-state index in [1.807, 2.05) is 12.1 Å². The van der Waals surface area contributed by atoms with E-state index < -0.39 is 0 Å². The van der Waals surface area contributed by atoms with Crippen molar-refractivity contribution < 1.29 is 19.7 Å². The molecule has 0 spiro atoms. The number of nitrogens with one attached hydrogen (secondary N) is 1. The Morgan fingerprint density at radius 1 is 1.05 bits per heavy atom. The minimum Gasteiger partial charge on any atom is -0.508 e. The van der Waals surface area contributed by atoms with Crippen LogP contribution in [-0.4, -0.2) is 59.3 Å². The van der Waals surface area contributed by atoms with Gasteiger partial charge in [-0.1, -0.05) is 43.6 Å². The molecule has 0 bridgehead atoms.